The molecule has 0 spiro atoms. The number of carboxylic acid groups (broad SMARTS) is 1. The van der Waals surface area contributed by atoms with Crippen molar-refractivity contribution in [3.8, 4) is 0 Å². The smallest absolute Gasteiger partial charge is 0.406 e. The van der Waals surface area contributed by atoms with Crippen molar-refractivity contribution in [3.05, 3.63) is 0 Å². The number of nitrogens with zero attached hydrogens (tertiary/aromatic N) is 1. The molecule has 17 heavy (non-hydrogen) atoms. The van der Waals surface area contributed by atoms with Crippen LogP contribution in [-0.2, 0) is 4.79 Å². The van der Waals surface area contributed by atoms with Crippen LogP contribution in [0.3, 0.4) is 0 Å². The summed E-state index contributed by atoms with van der Waals surface area (Å²) in [6, 6.07) is 0. The lowest BCUT2D eigenvalue weighted by molar-refractivity contribution is -0.227. The van der Waals surface area contributed by atoms with Crippen LogP contribution in [0.2, 0.25) is 0 Å². The summed E-state index contributed by atoms with van der Waals surface area (Å²) >= 11 is 0. The van der Waals surface area contributed by atoms with E-state index in [-0.39, 0.29) is 13.2 Å². The van der Waals surface area contributed by atoms with Gasteiger partial charge in [0.2, 0.25) is 0 Å². The molecule has 2 N–H and O–H groups in total. The van der Waals surface area contributed by atoms with Crippen molar-refractivity contribution in [2.45, 2.75) is 25.4 Å². The number of alkyl halides is 3. The van der Waals surface area contributed by atoms with E-state index < -0.39 is 30.5 Å². The number of carbonyl (C=O) groups is 1. The molecular formula is C10H16F3NO3. The second-order valence-electron chi connectivity index (χ2n) is 4.34. The van der Waals surface area contributed by atoms with Crippen molar-refractivity contribution in [2.75, 3.05) is 26.2 Å². The minimum absolute atomic E-state index is 0.00279. The SMILES string of the molecule is O=C(O)C1(C(F)(F)F)CCN(CCCCO)C1. The Morgan fingerprint density at radius 3 is 2.41 bits per heavy atom. The van der Waals surface area contributed by atoms with Gasteiger partial charge in [-0.15, -0.1) is 0 Å². The summed E-state index contributed by atoms with van der Waals surface area (Å²) in [5.41, 5.74) is -2.62. The van der Waals surface area contributed by atoms with Gasteiger partial charge in [-0.1, -0.05) is 0 Å². The largest absolute Gasteiger partial charge is 0.481 e. The van der Waals surface area contributed by atoms with Crippen molar-refractivity contribution in [1.29, 1.82) is 0 Å². The maximum absolute atomic E-state index is 12.8. The standard InChI is InChI=1S/C10H16F3NO3/c11-10(12,13)9(8(16)17)3-5-14(7-9)4-1-2-6-15/h15H,1-7H2,(H,16,17). The van der Waals surface area contributed by atoms with Gasteiger partial charge in [-0.05, 0) is 32.4 Å². The minimum atomic E-state index is -4.72. The van der Waals surface area contributed by atoms with Gasteiger partial charge < -0.3 is 15.1 Å². The number of unbranched alkanes of at least 4 members (excludes halogenated alkanes) is 1. The van der Waals surface area contributed by atoms with Crippen LogP contribution in [0, 0.1) is 5.41 Å². The molecule has 1 heterocycles. The summed E-state index contributed by atoms with van der Waals surface area (Å²) < 4.78 is 38.3. The molecule has 0 aromatic rings. The number of aliphatic carboxylic acids is 1. The van der Waals surface area contributed by atoms with Gasteiger partial charge >= 0.3 is 12.1 Å². The predicted octanol–water partition coefficient (Wildman–Crippen LogP) is 1.10. The second-order valence-corrected chi connectivity index (χ2v) is 4.34. The first-order valence-electron chi connectivity index (χ1n) is 5.47. The normalized spacial score (nSPS) is 26.4. The molecule has 0 aromatic heterocycles. The molecule has 0 radical (unpaired) electrons. The third-order valence-corrected chi connectivity index (χ3v) is 3.18. The van der Waals surface area contributed by atoms with Gasteiger partial charge in [0.25, 0.3) is 0 Å². The average Bonchev–Trinajstić information content (AvgIpc) is 2.63. The van der Waals surface area contributed by atoms with Crippen molar-refractivity contribution in [2.24, 2.45) is 5.41 Å². The van der Waals surface area contributed by atoms with E-state index in [9.17, 15) is 18.0 Å². The van der Waals surface area contributed by atoms with Crippen molar-refractivity contribution < 1.29 is 28.2 Å². The molecule has 0 aliphatic carbocycles. The number of likely N-dealkylation sites (tertiary alicyclic amines) is 1. The van der Waals surface area contributed by atoms with E-state index in [1.165, 1.54) is 4.90 Å². The molecule has 0 saturated carbocycles. The third-order valence-electron chi connectivity index (χ3n) is 3.18. The van der Waals surface area contributed by atoms with Crippen LogP contribution in [0.25, 0.3) is 0 Å². The lowest BCUT2D eigenvalue weighted by atomic mass is 9.86. The van der Waals surface area contributed by atoms with E-state index in [2.05, 4.69) is 0 Å². The van der Waals surface area contributed by atoms with E-state index in [0.717, 1.165) is 0 Å². The number of halogens is 3. The number of hydrogen-bond acceptors (Lipinski definition) is 3. The van der Waals surface area contributed by atoms with E-state index in [1.54, 1.807) is 0 Å². The topological polar surface area (TPSA) is 60.8 Å². The third kappa shape index (κ3) is 2.90. The summed E-state index contributed by atoms with van der Waals surface area (Å²) in [6.07, 6.45) is -4.03. The Bertz CT molecular complexity index is 282. The van der Waals surface area contributed by atoms with Crippen LogP contribution in [0.1, 0.15) is 19.3 Å². The molecule has 7 heteroatoms. The van der Waals surface area contributed by atoms with Gasteiger partial charge in [-0.2, -0.15) is 13.2 Å². The van der Waals surface area contributed by atoms with Crippen LogP contribution < -0.4 is 0 Å². The van der Waals surface area contributed by atoms with Crippen LogP contribution in [0.5, 0.6) is 0 Å². The molecule has 4 nitrogen and oxygen atoms in total. The maximum atomic E-state index is 12.8. The van der Waals surface area contributed by atoms with Crippen LogP contribution in [0.15, 0.2) is 0 Å². The van der Waals surface area contributed by atoms with Crippen LogP contribution >= 0.6 is 0 Å². The molecule has 1 unspecified atom stereocenters. The van der Waals surface area contributed by atoms with Gasteiger partial charge in [-0.3, -0.25) is 4.79 Å². The minimum Gasteiger partial charge on any atom is -0.481 e. The molecule has 1 atom stereocenters. The molecule has 0 bridgehead atoms. The summed E-state index contributed by atoms with van der Waals surface area (Å²) in [5.74, 6) is -1.80. The average molecular weight is 255 g/mol. The zero-order chi connectivity index (χ0) is 13.1. The van der Waals surface area contributed by atoms with Gasteiger partial charge in [-0.25, -0.2) is 0 Å². The molecular weight excluding hydrogens is 239 g/mol. The highest BCUT2D eigenvalue weighted by molar-refractivity contribution is 5.76. The Labute approximate surface area is 97.0 Å². The van der Waals surface area contributed by atoms with Crippen LogP contribution in [-0.4, -0.2) is 53.5 Å². The summed E-state index contributed by atoms with van der Waals surface area (Å²) in [7, 11) is 0. The number of rotatable bonds is 5. The second kappa shape index (κ2) is 5.22. The summed E-state index contributed by atoms with van der Waals surface area (Å²) in [4.78, 5) is 12.4. The van der Waals surface area contributed by atoms with Crippen molar-refractivity contribution in [3.63, 3.8) is 0 Å². The number of hydrogen-bond donors (Lipinski definition) is 2. The zero-order valence-electron chi connectivity index (χ0n) is 9.33. The van der Waals surface area contributed by atoms with Gasteiger partial charge in [0.05, 0.1) is 0 Å². The zero-order valence-corrected chi connectivity index (χ0v) is 9.33. The Balaban J connectivity index is 2.63. The van der Waals surface area contributed by atoms with E-state index in [4.69, 9.17) is 10.2 Å². The molecule has 0 amide bonds. The van der Waals surface area contributed by atoms with E-state index >= 15 is 0 Å². The summed E-state index contributed by atoms with van der Waals surface area (Å²) in [6.45, 7) is 0.0390. The van der Waals surface area contributed by atoms with Gasteiger partial charge in [0.15, 0.2) is 5.41 Å². The molecule has 1 rings (SSSR count). The Morgan fingerprint density at radius 1 is 1.35 bits per heavy atom. The van der Waals surface area contributed by atoms with Crippen molar-refractivity contribution >= 4 is 5.97 Å². The molecule has 1 aliphatic heterocycles. The van der Waals surface area contributed by atoms with Crippen LogP contribution in [0.4, 0.5) is 13.2 Å². The fraction of sp³-hybridized carbons (Fsp3) is 0.900. The lowest BCUT2D eigenvalue weighted by Crippen LogP contribution is -2.47. The predicted molar refractivity (Wildman–Crippen MR) is 53.5 cm³/mol. The van der Waals surface area contributed by atoms with E-state index in [0.29, 0.717) is 19.4 Å². The highest BCUT2D eigenvalue weighted by Gasteiger charge is 2.63. The van der Waals surface area contributed by atoms with Gasteiger partial charge in [0.1, 0.15) is 0 Å². The molecule has 100 valence electrons. The lowest BCUT2D eigenvalue weighted by Gasteiger charge is -2.27. The summed E-state index contributed by atoms with van der Waals surface area (Å²) in [5, 5.41) is 17.4. The fourth-order valence-electron chi connectivity index (χ4n) is 2.05. The van der Waals surface area contributed by atoms with Crippen molar-refractivity contribution in [1.82, 2.24) is 4.90 Å². The molecule has 1 saturated heterocycles. The number of aliphatic hydroxyl groups is 1. The van der Waals surface area contributed by atoms with Gasteiger partial charge in [0, 0.05) is 13.2 Å². The fourth-order valence-corrected chi connectivity index (χ4v) is 2.05. The number of aliphatic hydroxyl groups excluding tert-OH is 1. The first kappa shape index (κ1) is 14.2. The maximum Gasteiger partial charge on any atom is 0.406 e. The highest BCUT2D eigenvalue weighted by Crippen LogP contribution is 2.45. The van der Waals surface area contributed by atoms with E-state index in [1.807, 2.05) is 0 Å². The monoisotopic (exact) mass is 255 g/mol. The Kier molecular flexibility index (Phi) is 4.37. The Hall–Kier alpha value is -0.820. The quantitative estimate of drug-likeness (QED) is 0.722. The highest BCUT2D eigenvalue weighted by atomic mass is 19.4. The first-order valence-corrected chi connectivity index (χ1v) is 5.47. The first-order chi connectivity index (χ1) is 7.83. The number of carboxylic acids is 1. The molecule has 1 aliphatic rings. The molecule has 0 aromatic carbocycles. The Morgan fingerprint density at radius 2 is 2.00 bits per heavy atom. The molecule has 1 fully saturated rings.